The summed E-state index contributed by atoms with van der Waals surface area (Å²) in [7, 11) is 0. The van der Waals surface area contributed by atoms with Crippen molar-refractivity contribution >= 4 is 29.1 Å². The lowest BCUT2D eigenvalue weighted by Gasteiger charge is -2.10. The molecule has 2 N–H and O–H groups in total. The van der Waals surface area contributed by atoms with Crippen molar-refractivity contribution in [1.29, 1.82) is 0 Å². The predicted molar refractivity (Wildman–Crippen MR) is 93.8 cm³/mol. The van der Waals surface area contributed by atoms with Crippen molar-refractivity contribution in [2.24, 2.45) is 0 Å². The van der Waals surface area contributed by atoms with E-state index in [1.54, 1.807) is 0 Å². The highest BCUT2D eigenvalue weighted by Crippen LogP contribution is 2.19. The number of urea groups is 1. The van der Waals surface area contributed by atoms with Crippen LogP contribution in [-0.2, 0) is 0 Å². The molecule has 0 atom stereocenters. The highest BCUT2D eigenvalue weighted by Gasteiger charge is 2.11. The summed E-state index contributed by atoms with van der Waals surface area (Å²) in [6, 6.07) is 8.14. The molecular weight excluding hydrogens is 366 g/mol. The number of rotatable bonds is 3. The van der Waals surface area contributed by atoms with Crippen molar-refractivity contribution in [2.75, 3.05) is 10.6 Å². The van der Waals surface area contributed by atoms with Crippen molar-refractivity contribution in [3.8, 4) is 5.69 Å². The zero-order valence-corrected chi connectivity index (χ0v) is 13.8. The van der Waals surface area contributed by atoms with Crippen LogP contribution >= 0.6 is 11.6 Å². The maximum atomic E-state index is 13.1. The van der Waals surface area contributed by atoms with Gasteiger partial charge in [0.15, 0.2) is 0 Å². The number of nitrogens with zero attached hydrogens (tertiary/aromatic N) is 2. The zero-order valence-electron chi connectivity index (χ0n) is 13.0. The van der Waals surface area contributed by atoms with Gasteiger partial charge < -0.3 is 5.32 Å². The average Bonchev–Trinajstić information content (AvgIpc) is 2.61. The summed E-state index contributed by atoms with van der Waals surface area (Å²) >= 11 is 5.64. The Hall–Kier alpha value is -3.26. The van der Waals surface area contributed by atoms with Crippen molar-refractivity contribution < 1.29 is 13.6 Å². The van der Waals surface area contributed by atoms with Gasteiger partial charge >= 0.3 is 6.03 Å². The fourth-order valence-electron chi connectivity index (χ4n) is 2.15. The van der Waals surface area contributed by atoms with Gasteiger partial charge in [0.2, 0.25) is 5.82 Å². The molecule has 0 bridgehead atoms. The molecule has 0 aliphatic carbocycles. The Labute approximate surface area is 151 Å². The molecule has 3 aromatic rings. The number of hydrogen-bond donors (Lipinski definition) is 2. The molecule has 0 saturated carbocycles. The van der Waals surface area contributed by atoms with E-state index in [1.807, 2.05) is 0 Å². The van der Waals surface area contributed by atoms with E-state index < -0.39 is 23.2 Å². The first kappa shape index (κ1) is 17.6. The molecule has 1 aromatic heterocycles. The van der Waals surface area contributed by atoms with E-state index in [0.717, 1.165) is 6.07 Å². The second-order valence-corrected chi connectivity index (χ2v) is 5.54. The van der Waals surface area contributed by atoms with Crippen LogP contribution in [0.25, 0.3) is 5.69 Å². The van der Waals surface area contributed by atoms with Crippen molar-refractivity contribution in [3.63, 3.8) is 0 Å². The van der Waals surface area contributed by atoms with Crippen LogP contribution < -0.4 is 16.2 Å². The van der Waals surface area contributed by atoms with Gasteiger partial charge in [0.05, 0.1) is 5.02 Å². The second kappa shape index (κ2) is 7.32. The van der Waals surface area contributed by atoms with Crippen molar-refractivity contribution in [3.05, 3.63) is 81.9 Å². The molecule has 0 aliphatic heterocycles. The quantitative estimate of drug-likeness (QED) is 0.729. The maximum absolute atomic E-state index is 13.1. The maximum Gasteiger partial charge on any atom is 0.325 e. The highest BCUT2D eigenvalue weighted by atomic mass is 35.5. The van der Waals surface area contributed by atoms with Crippen LogP contribution in [0.4, 0.5) is 25.1 Å². The Kier molecular flexibility index (Phi) is 4.94. The Morgan fingerprint density at radius 1 is 1.08 bits per heavy atom. The first-order valence-corrected chi connectivity index (χ1v) is 7.68. The summed E-state index contributed by atoms with van der Waals surface area (Å²) in [4.78, 5) is 28.3. The minimum atomic E-state index is -0.755. The number of carbonyl (C=O) groups is 1. The summed E-state index contributed by atoms with van der Waals surface area (Å²) in [5.41, 5.74) is 0.0441. The minimum absolute atomic E-state index is 0.153. The molecule has 26 heavy (non-hydrogen) atoms. The lowest BCUT2D eigenvalue weighted by Crippen LogP contribution is -2.28. The average molecular weight is 377 g/mol. The summed E-state index contributed by atoms with van der Waals surface area (Å²) in [6.07, 6.45) is 2.70. The number of carbonyl (C=O) groups excluding carboxylic acids is 1. The Bertz CT molecular complexity index is 1020. The number of amides is 2. The topological polar surface area (TPSA) is 76.0 Å². The van der Waals surface area contributed by atoms with E-state index in [2.05, 4.69) is 15.6 Å². The number of aromatic nitrogens is 2. The van der Waals surface area contributed by atoms with Crippen LogP contribution in [0.5, 0.6) is 0 Å². The van der Waals surface area contributed by atoms with E-state index in [0.29, 0.717) is 5.69 Å². The molecule has 1 heterocycles. The first-order chi connectivity index (χ1) is 12.4. The molecule has 9 heteroatoms. The molecule has 132 valence electrons. The standard InChI is InChI=1S/C17H11ClF2N4O2/c18-13-9-11(3-6-14(13)20)22-17(26)23-15-16(25)24(8-7-21-15)12-4-1-10(19)2-5-12/h1-9H,(H2,21,22,23,26). The number of hydrogen-bond acceptors (Lipinski definition) is 3. The number of halogens is 3. The van der Waals surface area contributed by atoms with Crippen LogP contribution in [-0.4, -0.2) is 15.6 Å². The Morgan fingerprint density at radius 3 is 2.50 bits per heavy atom. The van der Waals surface area contributed by atoms with E-state index in [4.69, 9.17) is 11.6 Å². The van der Waals surface area contributed by atoms with Crippen LogP contribution in [0.2, 0.25) is 5.02 Å². The third kappa shape index (κ3) is 3.86. The summed E-state index contributed by atoms with van der Waals surface area (Å²) in [6.45, 7) is 0. The molecule has 0 spiro atoms. The molecule has 3 rings (SSSR count). The zero-order chi connectivity index (χ0) is 18.7. The lowest BCUT2D eigenvalue weighted by atomic mass is 10.3. The molecular formula is C17H11ClF2N4O2. The molecule has 0 unspecified atom stereocenters. The van der Waals surface area contributed by atoms with Gasteiger partial charge in [-0.25, -0.2) is 18.6 Å². The van der Waals surface area contributed by atoms with Crippen LogP contribution in [0, 0.1) is 11.6 Å². The molecule has 0 aliphatic rings. The van der Waals surface area contributed by atoms with E-state index in [1.165, 1.54) is 53.4 Å². The van der Waals surface area contributed by atoms with E-state index in [-0.39, 0.29) is 16.5 Å². The van der Waals surface area contributed by atoms with Gasteiger partial charge in [-0.05, 0) is 42.5 Å². The second-order valence-electron chi connectivity index (χ2n) is 5.14. The van der Waals surface area contributed by atoms with Gasteiger partial charge in [-0.1, -0.05) is 11.6 Å². The SMILES string of the molecule is O=C(Nc1ccc(F)c(Cl)c1)Nc1nccn(-c2ccc(F)cc2)c1=O. The highest BCUT2D eigenvalue weighted by molar-refractivity contribution is 6.31. The fourth-order valence-corrected chi connectivity index (χ4v) is 2.33. The van der Waals surface area contributed by atoms with Crippen molar-refractivity contribution in [2.45, 2.75) is 0 Å². The van der Waals surface area contributed by atoms with Gasteiger partial charge in [-0.15, -0.1) is 0 Å². The van der Waals surface area contributed by atoms with Gasteiger partial charge in [-0.2, -0.15) is 0 Å². The summed E-state index contributed by atoms with van der Waals surface area (Å²) in [5.74, 6) is -1.29. The first-order valence-electron chi connectivity index (χ1n) is 7.31. The smallest absolute Gasteiger partial charge is 0.308 e. The monoisotopic (exact) mass is 376 g/mol. The summed E-state index contributed by atoms with van der Waals surface area (Å²) < 4.78 is 27.4. The molecule has 2 amide bonds. The van der Waals surface area contributed by atoms with Gasteiger partial charge in [0.25, 0.3) is 5.56 Å². The van der Waals surface area contributed by atoms with Crippen LogP contribution in [0.3, 0.4) is 0 Å². The largest absolute Gasteiger partial charge is 0.325 e. The van der Waals surface area contributed by atoms with Gasteiger partial charge in [-0.3, -0.25) is 14.7 Å². The van der Waals surface area contributed by atoms with E-state index in [9.17, 15) is 18.4 Å². The van der Waals surface area contributed by atoms with Gasteiger partial charge in [0, 0.05) is 23.8 Å². The minimum Gasteiger partial charge on any atom is -0.308 e. The summed E-state index contributed by atoms with van der Waals surface area (Å²) in [5, 5.41) is 4.57. The Balaban J connectivity index is 1.80. The molecule has 6 nitrogen and oxygen atoms in total. The number of benzene rings is 2. The number of anilines is 2. The third-order valence-electron chi connectivity index (χ3n) is 3.35. The lowest BCUT2D eigenvalue weighted by molar-refractivity contribution is 0.262. The molecule has 2 aromatic carbocycles. The molecule has 0 fully saturated rings. The molecule has 0 radical (unpaired) electrons. The van der Waals surface area contributed by atoms with E-state index >= 15 is 0 Å². The normalized spacial score (nSPS) is 10.4. The van der Waals surface area contributed by atoms with Crippen LogP contribution in [0.15, 0.2) is 59.7 Å². The molecule has 0 saturated heterocycles. The fraction of sp³-hybridized carbons (Fsp3) is 0. The third-order valence-corrected chi connectivity index (χ3v) is 3.64. The van der Waals surface area contributed by atoms with Crippen molar-refractivity contribution in [1.82, 2.24) is 9.55 Å². The van der Waals surface area contributed by atoms with Gasteiger partial charge in [0.1, 0.15) is 11.6 Å². The van der Waals surface area contributed by atoms with Crippen LogP contribution in [0.1, 0.15) is 0 Å². The Morgan fingerprint density at radius 2 is 1.81 bits per heavy atom. The number of nitrogens with one attached hydrogen (secondary N) is 2. The predicted octanol–water partition coefficient (Wildman–Crippen LogP) is 3.81.